The van der Waals surface area contributed by atoms with Crippen LogP contribution in [0.25, 0.3) is 0 Å². The Morgan fingerprint density at radius 2 is 2.05 bits per heavy atom. The van der Waals surface area contributed by atoms with Crippen LogP contribution in [0.4, 0.5) is 8.78 Å². The molecule has 0 aliphatic carbocycles. The molecule has 19 heavy (non-hydrogen) atoms. The Kier molecular flexibility index (Phi) is 4.96. The highest BCUT2D eigenvalue weighted by Gasteiger charge is 2.31. The Labute approximate surface area is 121 Å². The van der Waals surface area contributed by atoms with Crippen LogP contribution in [0.3, 0.4) is 0 Å². The molecule has 1 saturated heterocycles. The highest BCUT2D eigenvalue weighted by atomic mass is 79.9. The summed E-state index contributed by atoms with van der Waals surface area (Å²) in [4.78, 5) is 0. The van der Waals surface area contributed by atoms with Crippen LogP contribution in [0.2, 0.25) is 0 Å². The molecule has 0 radical (unpaired) electrons. The van der Waals surface area contributed by atoms with Crippen LogP contribution >= 0.6 is 15.9 Å². The lowest BCUT2D eigenvalue weighted by atomic mass is 9.84. The van der Waals surface area contributed by atoms with Gasteiger partial charge in [0.2, 0.25) is 0 Å². The van der Waals surface area contributed by atoms with Gasteiger partial charge in [-0.15, -0.1) is 0 Å². The van der Waals surface area contributed by atoms with Gasteiger partial charge in [0.1, 0.15) is 11.6 Å². The fourth-order valence-corrected chi connectivity index (χ4v) is 3.23. The van der Waals surface area contributed by atoms with Gasteiger partial charge in [0.25, 0.3) is 0 Å². The molecular weight excluding hydrogens is 312 g/mol. The van der Waals surface area contributed by atoms with Crippen molar-refractivity contribution in [2.45, 2.75) is 51.0 Å². The average molecular weight is 332 g/mol. The Balaban J connectivity index is 2.29. The van der Waals surface area contributed by atoms with E-state index in [4.69, 9.17) is 0 Å². The Morgan fingerprint density at radius 3 is 2.79 bits per heavy atom. The first kappa shape index (κ1) is 14.9. The standard InChI is InChI=1S/C15H20BrF2N/c1-2-15(8-4-3-5-9-19-15)10-11-13(17)7-6-12(16)14(11)18/h6-7,19H,2-5,8-10H2,1H3. The molecule has 0 spiro atoms. The van der Waals surface area contributed by atoms with E-state index in [2.05, 4.69) is 28.2 Å². The van der Waals surface area contributed by atoms with Crippen molar-refractivity contribution in [1.82, 2.24) is 5.32 Å². The minimum atomic E-state index is -0.459. The van der Waals surface area contributed by atoms with Crippen LogP contribution in [-0.4, -0.2) is 12.1 Å². The monoisotopic (exact) mass is 331 g/mol. The first-order chi connectivity index (χ1) is 9.08. The van der Waals surface area contributed by atoms with E-state index >= 15 is 0 Å². The lowest BCUT2D eigenvalue weighted by Crippen LogP contribution is -2.46. The highest BCUT2D eigenvalue weighted by Crippen LogP contribution is 2.30. The molecule has 1 aromatic rings. The van der Waals surface area contributed by atoms with E-state index in [9.17, 15) is 8.78 Å². The second-order valence-electron chi connectivity index (χ2n) is 5.37. The number of hydrogen-bond donors (Lipinski definition) is 1. The number of nitrogens with one attached hydrogen (secondary N) is 1. The summed E-state index contributed by atoms with van der Waals surface area (Å²) in [5, 5.41) is 3.52. The van der Waals surface area contributed by atoms with Gasteiger partial charge >= 0.3 is 0 Å². The van der Waals surface area contributed by atoms with Crippen molar-refractivity contribution in [2.75, 3.05) is 6.54 Å². The first-order valence-electron chi connectivity index (χ1n) is 6.95. The lowest BCUT2D eigenvalue weighted by Gasteiger charge is -2.33. The molecule has 1 atom stereocenters. The van der Waals surface area contributed by atoms with Gasteiger partial charge in [-0.25, -0.2) is 8.78 Å². The Bertz CT molecular complexity index is 440. The van der Waals surface area contributed by atoms with Gasteiger partial charge < -0.3 is 5.32 Å². The Hall–Kier alpha value is -0.480. The highest BCUT2D eigenvalue weighted by molar-refractivity contribution is 9.10. The molecule has 1 heterocycles. The van der Waals surface area contributed by atoms with E-state index in [0.717, 1.165) is 32.2 Å². The second-order valence-corrected chi connectivity index (χ2v) is 6.22. The molecule has 106 valence electrons. The maximum atomic E-state index is 14.1. The maximum Gasteiger partial charge on any atom is 0.143 e. The topological polar surface area (TPSA) is 12.0 Å². The molecule has 1 aliphatic heterocycles. The minimum absolute atomic E-state index is 0.168. The van der Waals surface area contributed by atoms with Crippen molar-refractivity contribution < 1.29 is 8.78 Å². The summed E-state index contributed by atoms with van der Waals surface area (Å²) < 4.78 is 28.4. The van der Waals surface area contributed by atoms with E-state index < -0.39 is 11.6 Å². The molecule has 2 rings (SSSR count). The fraction of sp³-hybridized carbons (Fsp3) is 0.600. The molecule has 0 bridgehead atoms. The average Bonchev–Trinajstić information content (AvgIpc) is 2.65. The predicted molar refractivity (Wildman–Crippen MR) is 77.3 cm³/mol. The maximum absolute atomic E-state index is 14.1. The molecule has 1 unspecified atom stereocenters. The summed E-state index contributed by atoms with van der Waals surface area (Å²) in [7, 11) is 0. The summed E-state index contributed by atoms with van der Waals surface area (Å²) >= 11 is 3.14. The lowest BCUT2D eigenvalue weighted by molar-refractivity contribution is 0.294. The van der Waals surface area contributed by atoms with E-state index in [-0.39, 0.29) is 11.1 Å². The zero-order chi connectivity index (χ0) is 13.9. The summed E-state index contributed by atoms with van der Waals surface area (Å²) in [5.41, 5.74) is 0.0320. The van der Waals surface area contributed by atoms with Crippen LogP contribution in [-0.2, 0) is 6.42 Å². The van der Waals surface area contributed by atoms with Gasteiger partial charge in [-0.1, -0.05) is 19.8 Å². The predicted octanol–water partition coefficient (Wildman–Crippen LogP) is 4.58. The quantitative estimate of drug-likeness (QED) is 0.799. The molecule has 1 aliphatic rings. The smallest absolute Gasteiger partial charge is 0.143 e. The second kappa shape index (κ2) is 6.31. The summed E-state index contributed by atoms with van der Waals surface area (Å²) in [6.45, 7) is 3.02. The van der Waals surface area contributed by atoms with Crippen molar-refractivity contribution in [3.8, 4) is 0 Å². The summed E-state index contributed by atoms with van der Waals surface area (Å²) in [6, 6.07) is 2.76. The van der Waals surface area contributed by atoms with Crippen molar-refractivity contribution in [3.05, 3.63) is 33.8 Å². The van der Waals surface area contributed by atoms with Gasteiger partial charge in [0.15, 0.2) is 0 Å². The van der Waals surface area contributed by atoms with E-state index in [1.54, 1.807) is 0 Å². The number of benzene rings is 1. The number of rotatable bonds is 3. The molecule has 0 amide bonds. The minimum Gasteiger partial charge on any atom is -0.311 e. The number of hydrogen-bond acceptors (Lipinski definition) is 1. The molecule has 1 aromatic carbocycles. The Morgan fingerprint density at radius 1 is 1.26 bits per heavy atom. The largest absolute Gasteiger partial charge is 0.311 e. The zero-order valence-corrected chi connectivity index (χ0v) is 12.8. The molecule has 0 saturated carbocycles. The SMILES string of the molecule is CCC1(Cc2c(F)ccc(Br)c2F)CCCCCN1. The van der Waals surface area contributed by atoms with Crippen molar-refractivity contribution in [1.29, 1.82) is 0 Å². The first-order valence-corrected chi connectivity index (χ1v) is 7.75. The van der Waals surface area contributed by atoms with Crippen molar-refractivity contribution in [2.24, 2.45) is 0 Å². The third-order valence-corrected chi connectivity index (χ3v) is 4.78. The molecular formula is C15H20BrF2N. The van der Waals surface area contributed by atoms with Crippen molar-refractivity contribution >= 4 is 15.9 Å². The van der Waals surface area contributed by atoms with Gasteiger partial charge in [0, 0.05) is 11.1 Å². The third-order valence-electron chi connectivity index (χ3n) is 4.16. The van der Waals surface area contributed by atoms with E-state index in [1.165, 1.54) is 18.6 Å². The molecule has 1 nitrogen and oxygen atoms in total. The molecule has 1 fully saturated rings. The zero-order valence-electron chi connectivity index (χ0n) is 11.2. The van der Waals surface area contributed by atoms with Crippen molar-refractivity contribution in [3.63, 3.8) is 0 Å². The van der Waals surface area contributed by atoms with Gasteiger partial charge in [-0.05, 0) is 60.3 Å². The van der Waals surface area contributed by atoms with Crippen LogP contribution < -0.4 is 5.32 Å². The molecule has 0 aromatic heterocycles. The molecule has 1 N–H and O–H groups in total. The summed E-state index contributed by atoms with van der Waals surface area (Å²) in [5.74, 6) is -0.904. The number of halogens is 3. The summed E-state index contributed by atoms with van der Waals surface area (Å²) in [6.07, 6.45) is 5.75. The fourth-order valence-electron chi connectivity index (χ4n) is 2.85. The van der Waals surface area contributed by atoms with Gasteiger partial charge in [-0.2, -0.15) is 0 Å². The van der Waals surface area contributed by atoms with Gasteiger partial charge in [-0.3, -0.25) is 0 Å². The van der Waals surface area contributed by atoms with Crippen LogP contribution in [0.1, 0.15) is 44.6 Å². The van der Waals surface area contributed by atoms with Gasteiger partial charge in [0.05, 0.1) is 4.47 Å². The van der Waals surface area contributed by atoms with Crippen LogP contribution in [0.5, 0.6) is 0 Å². The van der Waals surface area contributed by atoms with E-state index in [0.29, 0.717) is 10.9 Å². The molecule has 4 heteroatoms. The normalized spacial score (nSPS) is 24.2. The van der Waals surface area contributed by atoms with Crippen LogP contribution in [0, 0.1) is 11.6 Å². The van der Waals surface area contributed by atoms with Crippen LogP contribution in [0.15, 0.2) is 16.6 Å². The van der Waals surface area contributed by atoms with E-state index in [1.807, 2.05) is 0 Å². The third kappa shape index (κ3) is 3.34.